The minimum atomic E-state index is -0.101. The van der Waals surface area contributed by atoms with Gasteiger partial charge in [0, 0.05) is 24.9 Å². The van der Waals surface area contributed by atoms with Crippen molar-refractivity contribution in [3.8, 4) is 22.8 Å². The molecule has 1 aromatic heterocycles. The van der Waals surface area contributed by atoms with Gasteiger partial charge in [-0.15, -0.1) is 10.2 Å². The monoisotopic (exact) mass is 432 g/mol. The Kier molecular flexibility index (Phi) is 7.51. The highest BCUT2D eigenvalue weighted by molar-refractivity contribution is 7.99. The summed E-state index contributed by atoms with van der Waals surface area (Å²) in [5, 5.41) is 12.6. The quantitative estimate of drug-likeness (QED) is 0.412. The van der Waals surface area contributed by atoms with Gasteiger partial charge in [0.25, 0.3) is 0 Å². The van der Waals surface area contributed by atoms with Gasteiger partial charge in [-0.25, -0.2) is 0 Å². The molecule has 0 saturated heterocycles. The van der Waals surface area contributed by atoms with Crippen LogP contribution in [0, 0.1) is 0 Å². The lowest BCUT2D eigenvalue weighted by molar-refractivity contribution is -0.118. The summed E-state index contributed by atoms with van der Waals surface area (Å²) in [6.07, 6.45) is 0. The summed E-state index contributed by atoms with van der Waals surface area (Å²) in [4.78, 5) is 12.1. The van der Waals surface area contributed by atoms with E-state index in [0.717, 1.165) is 17.0 Å². The number of hydrogen-bond donors (Lipinski definition) is 1. The van der Waals surface area contributed by atoms with Crippen LogP contribution in [-0.2, 0) is 9.53 Å². The first-order valence-electron chi connectivity index (χ1n) is 8.87. The maximum absolute atomic E-state index is 12.1. The molecule has 0 bridgehead atoms. The predicted octanol–water partition coefficient (Wildman–Crippen LogP) is 3.45. The Morgan fingerprint density at radius 2 is 1.90 bits per heavy atom. The molecule has 0 radical (unpaired) electrons. The lowest BCUT2D eigenvalue weighted by Gasteiger charge is -2.12. The van der Waals surface area contributed by atoms with E-state index in [1.807, 2.05) is 47.0 Å². The Morgan fingerprint density at radius 3 is 2.59 bits per heavy atom. The van der Waals surface area contributed by atoms with Crippen molar-refractivity contribution < 1.29 is 14.3 Å². The Hall–Kier alpha value is -2.55. The first kappa shape index (κ1) is 21.2. The van der Waals surface area contributed by atoms with E-state index in [9.17, 15) is 4.79 Å². The highest BCUT2D eigenvalue weighted by Gasteiger charge is 2.19. The van der Waals surface area contributed by atoms with Crippen LogP contribution in [0.15, 0.2) is 53.7 Å². The molecule has 9 heteroatoms. The molecule has 0 fully saturated rings. The van der Waals surface area contributed by atoms with Crippen LogP contribution in [0.2, 0.25) is 5.02 Å². The van der Waals surface area contributed by atoms with Crippen molar-refractivity contribution in [2.75, 3.05) is 33.1 Å². The molecule has 3 rings (SSSR count). The number of methoxy groups -OCH3 is 2. The van der Waals surface area contributed by atoms with Gasteiger partial charge in [-0.3, -0.25) is 9.36 Å². The molecule has 0 aliphatic carbocycles. The second kappa shape index (κ2) is 10.3. The van der Waals surface area contributed by atoms with Crippen molar-refractivity contribution in [2.45, 2.75) is 5.16 Å². The Labute approximate surface area is 178 Å². The molecular weight excluding hydrogens is 412 g/mol. The zero-order valence-electron chi connectivity index (χ0n) is 16.1. The second-order valence-corrected chi connectivity index (χ2v) is 7.30. The molecule has 1 heterocycles. The number of thioether (sulfide) groups is 1. The van der Waals surface area contributed by atoms with E-state index in [1.165, 1.54) is 11.8 Å². The number of hydrogen-bond acceptors (Lipinski definition) is 6. The van der Waals surface area contributed by atoms with E-state index in [-0.39, 0.29) is 11.7 Å². The minimum absolute atomic E-state index is 0.101. The molecule has 2 aromatic carbocycles. The standard InChI is InChI=1S/C20H21ClN4O3S/c1-27-12-11-22-18(26)13-29-20-24-23-19(16-5-3-4-6-17(16)21)25(20)14-7-9-15(28-2)10-8-14/h3-10H,11-13H2,1-2H3,(H,22,26). The minimum Gasteiger partial charge on any atom is -0.497 e. The molecule has 1 amide bonds. The average Bonchev–Trinajstić information content (AvgIpc) is 3.16. The van der Waals surface area contributed by atoms with Gasteiger partial charge >= 0.3 is 0 Å². The Balaban J connectivity index is 1.92. The molecule has 3 aromatic rings. The van der Waals surface area contributed by atoms with E-state index in [2.05, 4.69) is 15.5 Å². The summed E-state index contributed by atoms with van der Waals surface area (Å²) in [5.74, 6) is 1.45. The topological polar surface area (TPSA) is 78.3 Å². The number of aromatic nitrogens is 3. The molecule has 0 aliphatic rings. The van der Waals surface area contributed by atoms with Crippen LogP contribution in [0.4, 0.5) is 0 Å². The third-order valence-corrected chi connectivity index (χ3v) is 5.30. The number of ether oxygens (including phenoxy) is 2. The summed E-state index contributed by atoms with van der Waals surface area (Å²) in [7, 11) is 3.21. The first-order chi connectivity index (χ1) is 14.1. The number of nitrogens with zero attached hydrogens (tertiary/aromatic N) is 3. The van der Waals surface area contributed by atoms with Crippen molar-refractivity contribution in [3.05, 3.63) is 53.6 Å². The molecule has 29 heavy (non-hydrogen) atoms. The van der Waals surface area contributed by atoms with Gasteiger partial charge in [0.15, 0.2) is 11.0 Å². The van der Waals surface area contributed by atoms with Crippen molar-refractivity contribution in [1.82, 2.24) is 20.1 Å². The van der Waals surface area contributed by atoms with Gasteiger partial charge in [0.2, 0.25) is 5.91 Å². The van der Waals surface area contributed by atoms with Crippen LogP contribution in [0.1, 0.15) is 0 Å². The van der Waals surface area contributed by atoms with Gasteiger partial charge in [-0.1, -0.05) is 35.5 Å². The molecule has 0 atom stereocenters. The Morgan fingerprint density at radius 1 is 1.14 bits per heavy atom. The fraction of sp³-hybridized carbons (Fsp3) is 0.250. The largest absolute Gasteiger partial charge is 0.497 e. The summed E-state index contributed by atoms with van der Waals surface area (Å²) in [6.45, 7) is 0.932. The van der Waals surface area contributed by atoms with Gasteiger partial charge < -0.3 is 14.8 Å². The molecule has 1 N–H and O–H groups in total. The van der Waals surface area contributed by atoms with Crippen molar-refractivity contribution in [2.24, 2.45) is 0 Å². The molecule has 0 saturated carbocycles. The number of benzene rings is 2. The molecule has 7 nitrogen and oxygen atoms in total. The van der Waals surface area contributed by atoms with E-state index >= 15 is 0 Å². The fourth-order valence-electron chi connectivity index (χ4n) is 2.62. The maximum atomic E-state index is 12.1. The molecule has 0 spiro atoms. The van der Waals surface area contributed by atoms with E-state index < -0.39 is 0 Å². The summed E-state index contributed by atoms with van der Waals surface area (Å²) >= 11 is 7.69. The number of halogens is 1. The van der Waals surface area contributed by atoms with E-state index in [0.29, 0.717) is 29.2 Å². The average molecular weight is 433 g/mol. The van der Waals surface area contributed by atoms with Crippen LogP contribution < -0.4 is 10.1 Å². The second-order valence-electron chi connectivity index (χ2n) is 5.95. The van der Waals surface area contributed by atoms with Crippen LogP contribution in [0.5, 0.6) is 5.75 Å². The number of rotatable bonds is 9. The highest BCUT2D eigenvalue weighted by atomic mass is 35.5. The lowest BCUT2D eigenvalue weighted by Crippen LogP contribution is -2.28. The molecule has 152 valence electrons. The van der Waals surface area contributed by atoms with Crippen molar-refractivity contribution >= 4 is 29.3 Å². The maximum Gasteiger partial charge on any atom is 0.230 e. The number of carbonyl (C=O) groups excluding carboxylic acids is 1. The smallest absolute Gasteiger partial charge is 0.230 e. The number of carbonyl (C=O) groups is 1. The van der Waals surface area contributed by atoms with Gasteiger partial charge in [-0.2, -0.15) is 0 Å². The highest BCUT2D eigenvalue weighted by Crippen LogP contribution is 2.32. The summed E-state index contributed by atoms with van der Waals surface area (Å²) in [5.41, 5.74) is 1.60. The van der Waals surface area contributed by atoms with Crippen LogP contribution in [-0.4, -0.2) is 53.8 Å². The van der Waals surface area contributed by atoms with Crippen LogP contribution in [0.25, 0.3) is 17.1 Å². The third-order valence-electron chi connectivity index (χ3n) is 4.04. The van der Waals surface area contributed by atoms with Gasteiger partial charge in [0.05, 0.1) is 24.5 Å². The Bertz CT molecular complexity index is 963. The van der Waals surface area contributed by atoms with Crippen LogP contribution in [0.3, 0.4) is 0 Å². The summed E-state index contributed by atoms with van der Waals surface area (Å²) in [6, 6.07) is 15.0. The SMILES string of the molecule is COCCNC(=O)CSc1nnc(-c2ccccc2Cl)n1-c1ccc(OC)cc1. The number of nitrogens with one attached hydrogen (secondary N) is 1. The lowest BCUT2D eigenvalue weighted by atomic mass is 10.2. The third kappa shape index (κ3) is 5.29. The van der Waals surface area contributed by atoms with E-state index in [1.54, 1.807) is 20.3 Å². The van der Waals surface area contributed by atoms with Gasteiger partial charge in [-0.05, 0) is 36.4 Å². The van der Waals surface area contributed by atoms with E-state index in [4.69, 9.17) is 21.1 Å². The zero-order chi connectivity index (χ0) is 20.6. The van der Waals surface area contributed by atoms with Crippen LogP contribution >= 0.6 is 23.4 Å². The van der Waals surface area contributed by atoms with Gasteiger partial charge in [0.1, 0.15) is 5.75 Å². The number of amides is 1. The normalized spacial score (nSPS) is 10.7. The summed E-state index contributed by atoms with van der Waals surface area (Å²) < 4.78 is 12.1. The molecule has 0 aliphatic heterocycles. The van der Waals surface area contributed by atoms with Crippen molar-refractivity contribution in [1.29, 1.82) is 0 Å². The predicted molar refractivity (Wildman–Crippen MR) is 114 cm³/mol. The fourth-order valence-corrected chi connectivity index (χ4v) is 3.62. The first-order valence-corrected chi connectivity index (χ1v) is 10.2. The molecule has 0 unspecified atom stereocenters. The zero-order valence-corrected chi connectivity index (χ0v) is 17.7. The van der Waals surface area contributed by atoms with Crippen molar-refractivity contribution in [3.63, 3.8) is 0 Å². The molecular formula is C20H21ClN4O3S.